The van der Waals surface area contributed by atoms with Gasteiger partial charge in [-0.25, -0.2) is 0 Å². The molecule has 1 rings (SSSR count). The minimum atomic E-state index is -0.799. The quantitative estimate of drug-likeness (QED) is 0.687. The highest BCUT2D eigenvalue weighted by Crippen LogP contribution is 2.00. The largest absolute Gasteiger partial charge is 0.381 e. The van der Waals surface area contributed by atoms with Gasteiger partial charge in [0.2, 0.25) is 5.91 Å². The highest BCUT2D eigenvalue weighted by molar-refractivity contribution is 5.85. The van der Waals surface area contributed by atoms with Crippen LogP contribution in [0.4, 0.5) is 0 Å². The monoisotopic (exact) mass is 314 g/mol. The maximum Gasteiger partial charge on any atom is 0.239 e. The number of hydrogen-bond acceptors (Lipinski definition) is 3. The summed E-state index contributed by atoms with van der Waals surface area (Å²) >= 11 is 0. The number of nitrogens with two attached hydrogens (primary N) is 1. The molecular weight excluding hydrogens is 288 g/mol. The lowest BCUT2D eigenvalue weighted by atomic mass is 10.1. The van der Waals surface area contributed by atoms with Crippen LogP contribution in [0.15, 0.2) is 30.3 Å². The van der Waals surface area contributed by atoms with Crippen molar-refractivity contribution in [2.75, 3.05) is 19.8 Å². The van der Waals surface area contributed by atoms with Crippen LogP contribution in [-0.2, 0) is 16.0 Å². The number of nitrogens with one attached hydrogen (secondary N) is 1. The topological polar surface area (TPSA) is 64.4 Å². The molecule has 3 N–H and O–H groups in total. The van der Waals surface area contributed by atoms with Gasteiger partial charge in [0.1, 0.15) is 0 Å². The molecule has 0 fully saturated rings. The average Bonchev–Trinajstić information content (AvgIpc) is 2.41. The van der Waals surface area contributed by atoms with Crippen molar-refractivity contribution in [3.8, 4) is 0 Å². The number of hydrogen-bond donors (Lipinski definition) is 2. The Labute approximate surface area is 133 Å². The average molecular weight is 315 g/mol. The number of amides is 1. The molecule has 21 heavy (non-hydrogen) atoms. The van der Waals surface area contributed by atoms with E-state index in [1.807, 2.05) is 18.2 Å². The summed E-state index contributed by atoms with van der Waals surface area (Å²) in [6.45, 7) is 5.53. The third-order valence-electron chi connectivity index (χ3n) is 2.96. The molecule has 120 valence electrons. The molecule has 0 bridgehead atoms. The zero-order chi connectivity index (χ0) is 14.8. The van der Waals surface area contributed by atoms with E-state index in [1.165, 1.54) is 5.56 Å². The molecule has 0 aliphatic heterocycles. The summed E-state index contributed by atoms with van der Waals surface area (Å²) in [5, 5.41) is 2.82. The highest BCUT2D eigenvalue weighted by Gasteiger charge is 2.20. The van der Waals surface area contributed by atoms with E-state index in [1.54, 1.807) is 13.8 Å². The molecule has 0 saturated carbocycles. The number of halogens is 1. The van der Waals surface area contributed by atoms with Crippen molar-refractivity contribution in [2.24, 2.45) is 5.73 Å². The molecule has 1 aromatic rings. The van der Waals surface area contributed by atoms with E-state index in [2.05, 4.69) is 17.4 Å². The van der Waals surface area contributed by atoms with Crippen molar-refractivity contribution < 1.29 is 9.53 Å². The summed E-state index contributed by atoms with van der Waals surface area (Å²) in [5.41, 5.74) is 6.17. The molecule has 0 radical (unpaired) electrons. The second kappa shape index (κ2) is 10.6. The van der Waals surface area contributed by atoms with E-state index in [-0.39, 0.29) is 18.3 Å². The summed E-state index contributed by atoms with van der Waals surface area (Å²) in [6.07, 6.45) is 2.80. The van der Waals surface area contributed by atoms with E-state index >= 15 is 0 Å². The van der Waals surface area contributed by atoms with Gasteiger partial charge in [-0.05, 0) is 38.7 Å². The first kappa shape index (κ1) is 19.9. The molecule has 0 aromatic heterocycles. The summed E-state index contributed by atoms with van der Waals surface area (Å²) in [7, 11) is 0. The Kier molecular flexibility index (Phi) is 10.0. The zero-order valence-electron chi connectivity index (χ0n) is 12.9. The van der Waals surface area contributed by atoms with Crippen LogP contribution in [0.2, 0.25) is 0 Å². The van der Waals surface area contributed by atoms with Crippen LogP contribution < -0.4 is 11.1 Å². The van der Waals surface area contributed by atoms with Gasteiger partial charge in [-0.15, -0.1) is 12.4 Å². The van der Waals surface area contributed by atoms with Gasteiger partial charge < -0.3 is 15.8 Å². The number of benzene rings is 1. The normalized spacial score (nSPS) is 10.8. The molecule has 0 aliphatic rings. The van der Waals surface area contributed by atoms with E-state index < -0.39 is 5.54 Å². The Morgan fingerprint density at radius 3 is 2.48 bits per heavy atom. The van der Waals surface area contributed by atoms with Gasteiger partial charge in [-0.2, -0.15) is 0 Å². The third kappa shape index (κ3) is 9.45. The molecule has 0 saturated heterocycles. The van der Waals surface area contributed by atoms with Crippen LogP contribution in [0.1, 0.15) is 32.3 Å². The van der Waals surface area contributed by atoms with Crippen molar-refractivity contribution in [3.05, 3.63) is 35.9 Å². The zero-order valence-corrected chi connectivity index (χ0v) is 13.7. The van der Waals surface area contributed by atoms with Crippen LogP contribution >= 0.6 is 12.4 Å². The first-order valence-corrected chi connectivity index (χ1v) is 7.19. The minimum absolute atomic E-state index is 0. The van der Waals surface area contributed by atoms with Gasteiger partial charge >= 0.3 is 0 Å². The minimum Gasteiger partial charge on any atom is -0.381 e. The fourth-order valence-corrected chi connectivity index (χ4v) is 1.70. The van der Waals surface area contributed by atoms with Crippen molar-refractivity contribution in [2.45, 2.75) is 38.6 Å². The third-order valence-corrected chi connectivity index (χ3v) is 2.96. The number of rotatable bonds is 9. The van der Waals surface area contributed by atoms with Crippen LogP contribution in [-0.4, -0.2) is 31.2 Å². The van der Waals surface area contributed by atoms with E-state index in [0.29, 0.717) is 6.54 Å². The van der Waals surface area contributed by atoms with Crippen LogP contribution in [0.5, 0.6) is 0 Å². The molecule has 0 aliphatic carbocycles. The Morgan fingerprint density at radius 2 is 1.86 bits per heavy atom. The van der Waals surface area contributed by atoms with Crippen molar-refractivity contribution in [3.63, 3.8) is 0 Å². The summed E-state index contributed by atoms with van der Waals surface area (Å²) in [4.78, 5) is 11.5. The van der Waals surface area contributed by atoms with Crippen molar-refractivity contribution >= 4 is 18.3 Å². The van der Waals surface area contributed by atoms with Crippen molar-refractivity contribution in [1.29, 1.82) is 0 Å². The molecule has 0 atom stereocenters. The SMILES string of the molecule is CC(C)(N)C(=O)NCCCCOCCc1ccccc1.Cl. The molecule has 5 heteroatoms. The lowest BCUT2D eigenvalue weighted by Crippen LogP contribution is -2.49. The summed E-state index contributed by atoms with van der Waals surface area (Å²) in [5.74, 6) is -0.109. The maximum atomic E-state index is 11.5. The molecule has 0 heterocycles. The lowest BCUT2D eigenvalue weighted by molar-refractivity contribution is -0.125. The smallest absolute Gasteiger partial charge is 0.239 e. The lowest BCUT2D eigenvalue weighted by Gasteiger charge is -2.17. The number of carbonyl (C=O) groups excluding carboxylic acids is 1. The second-order valence-electron chi connectivity index (χ2n) is 5.53. The predicted molar refractivity (Wildman–Crippen MR) is 88.7 cm³/mol. The predicted octanol–water partition coefficient (Wildman–Crippen LogP) is 2.30. The Balaban J connectivity index is 0.00000400. The molecule has 1 amide bonds. The van der Waals surface area contributed by atoms with Crippen LogP contribution in [0, 0.1) is 0 Å². The standard InChI is InChI=1S/C16H26N2O2.ClH/c1-16(2,17)15(19)18-11-6-7-12-20-13-10-14-8-4-3-5-9-14;/h3-5,8-9H,6-7,10-13,17H2,1-2H3,(H,18,19);1H. The van der Waals surface area contributed by atoms with Gasteiger partial charge in [0.15, 0.2) is 0 Å². The molecular formula is C16H27ClN2O2. The summed E-state index contributed by atoms with van der Waals surface area (Å²) in [6, 6.07) is 10.3. The van der Waals surface area contributed by atoms with Gasteiger partial charge in [0.05, 0.1) is 12.1 Å². The van der Waals surface area contributed by atoms with Gasteiger partial charge in [-0.1, -0.05) is 30.3 Å². The van der Waals surface area contributed by atoms with Gasteiger partial charge in [0.25, 0.3) is 0 Å². The highest BCUT2D eigenvalue weighted by atomic mass is 35.5. The maximum absolute atomic E-state index is 11.5. The van der Waals surface area contributed by atoms with Gasteiger partial charge in [0, 0.05) is 13.2 Å². The number of unbranched alkanes of at least 4 members (excludes halogenated alkanes) is 1. The first-order valence-electron chi connectivity index (χ1n) is 7.19. The Morgan fingerprint density at radius 1 is 1.19 bits per heavy atom. The summed E-state index contributed by atoms with van der Waals surface area (Å²) < 4.78 is 5.57. The van der Waals surface area contributed by atoms with Gasteiger partial charge in [-0.3, -0.25) is 4.79 Å². The van der Waals surface area contributed by atoms with E-state index in [9.17, 15) is 4.79 Å². The fraction of sp³-hybridized carbons (Fsp3) is 0.562. The molecule has 0 unspecified atom stereocenters. The molecule has 0 spiro atoms. The second-order valence-corrected chi connectivity index (χ2v) is 5.53. The molecule has 4 nitrogen and oxygen atoms in total. The Bertz CT molecular complexity index is 391. The van der Waals surface area contributed by atoms with Crippen LogP contribution in [0.25, 0.3) is 0 Å². The molecule has 1 aromatic carbocycles. The number of ether oxygens (including phenoxy) is 1. The first-order chi connectivity index (χ1) is 9.50. The van der Waals surface area contributed by atoms with Crippen molar-refractivity contribution in [1.82, 2.24) is 5.32 Å². The Hall–Kier alpha value is -1.10. The number of carbonyl (C=O) groups is 1. The van der Waals surface area contributed by atoms with E-state index in [0.717, 1.165) is 32.5 Å². The fourth-order valence-electron chi connectivity index (χ4n) is 1.70. The van der Waals surface area contributed by atoms with Crippen LogP contribution in [0.3, 0.4) is 0 Å². The van der Waals surface area contributed by atoms with E-state index in [4.69, 9.17) is 10.5 Å².